The Labute approximate surface area is 201 Å². The molecule has 1 saturated heterocycles. The normalized spacial score (nSPS) is 23.0. The fourth-order valence-corrected chi connectivity index (χ4v) is 5.30. The van der Waals surface area contributed by atoms with Crippen molar-refractivity contribution in [1.29, 1.82) is 0 Å². The van der Waals surface area contributed by atoms with Gasteiger partial charge in [0.25, 0.3) is 5.56 Å². The van der Waals surface area contributed by atoms with Gasteiger partial charge in [0.05, 0.1) is 11.8 Å². The zero-order valence-electron chi connectivity index (χ0n) is 20.3. The molecule has 4 heterocycles. The molecular formula is C26H30F2N4O3. The number of fused-ring (bicyclic) bond motifs is 1. The van der Waals surface area contributed by atoms with Crippen molar-refractivity contribution in [3.8, 4) is 0 Å². The van der Waals surface area contributed by atoms with Gasteiger partial charge in [0.2, 0.25) is 11.5 Å². The van der Waals surface area contributed by atoms with Gasteiger partial charge in [0.15, 0.2) is 5.65 Å². The Morgan fingerprint density at radius 3 is 2.54 bits per heavy atom. The second-order valence-electron chi connectivity index (χ2n) is 10.0. The van der Waals surface area contributed by atoms with Crippen molar-refractivity contribution in [2.75, 3.05) is 6.61 Å². The molecule has 0 unspecified atom stereocenters. The lowest BCUT2D eigenvalue weighted by Crippen LogP contribution is -2.28. The monoisotopic (exact) mass is 484 g/mol. The number of hydrogen-bond donors (Lipinski definition) is 0. The summed E-state index contributed by atoms with van der Waals surface area (Å²) in [5, 5.41) is 4.73. The summed E-state index contributed by atoms with van der Waals surface area (Å²) < 4.78 is 36.7. The standard InChI is InChI=1S/C26H30F2N4O3/c1-15-16(2)29-24-20(17-6-9-26(27,28)10-7-17)13-21(30-32(24)25(15)34)18-8-11-35-22(12-18)19-4-5-23(33)31(3)14-19/h4-5,13-14,17-18,22H,6-12H2,1-3H3/t18-,22+/m0/s1. The number of pyridine rings is 1. The van der Waals surface area contributed by atoms with Gasteiger partial charge in [-0.3, -0.25) is 9.59 Å². The maximum Gasteiger partial charge on any atom is 0.277 e. The van der Waals surface area contributed by atoms with E-state index in [0.29, 0.717) is 42.8 Å². The van der Waals surface area contributed by atoms with Crippen LogP contribution < -0.4 is 11.1 Å². The van der Waals surface area contributed by atoms with Crippen LogP contribution in [0.5, 0.6) is 0 Å². The van der Waals surface area contributed by atoms with Gasteiger partial charge in [-0.2, -0.15) is 9.61 Å². The zero-order valence-corrected chi connectivity index (χ0v) is 20.3. The first-order chi connectivity index (χ1) is 16.6. The molecule has 5 rings (SSSR count). The van der Waals surface area contributed by atoms with Crippen LogP contribution in [0, 0.1) is 13.8 Å². The lowest BCUT2D eigenvalue weighted by molar-refractivity contribution is -0.0382. The van der Waals surface area contributed by atoms with Crippen molar-refractivity contribution in [2.45, 2.75) is 76.2 Å². The molecule has 186 valence electrons. The molecule has 3 aromatic heterocycles. The highest BCUT2D eigenvalue weighted by atomic mass is 19.3. The largest absolute Gasteiger partial charge is 0.373 e. The van der Waals surface area contributed by atoms with E-state index in [1.54, 1.807) is 33.2 Å². The minimum absolute atomic E-state index is 0.0210. The molecule has 1 aliphatic carbocycles. The van der Waals surface area contributed by atoms with E-state index in [1.165, 1.54) is 15.1 Å². The minimum Gasteiger partial charge on any atom is -0.373 e. The Hall–Kier alpha value is -2.94. The van der Waals surface area contributed by atoms with Gasteiger partial charge in [-0.05, 0) is 63.1 Å². The van der Waals surface area contributed by atoms with E-state index in [2.05, 4.69) is 4.98 Å². The summed E-state index contributed by atoms with van der Waals surface area (Å²) in [7, 11) is 1.71. The van der Waals surface area contributed by atoms with Gasteiger partial charge in [-0.25, -0.2) is 13.8 Å². The van der Waals surface area contributed by atoms with E-state index in [9.17, 15) is 18.4 Å². The number of rotatable bonds is 3. The molecule has 3 aromatic rings. The molecule has 0 spiro atoms. The second kappa shape index (κ2) is 8.93. The highest BCUT2D eigenvalue weighted by Crippen LogP contribution is 2.43. The number of nitrogens with zero attached hydrogens (tertiary/aromatic N) is 4. The molecule has 9 heteroatoms. The number of aryl methyl sites for hydroxylation is 2. The SMILES string of the molecule is Cc1nc2c(C3CCC(F)(F)CC3)cc([C@H]3CCO[C@@H](c4ccc(=O)n(C)c4)C3)nn2c(=O)c1C. The van der Waals surface area contributed by atoms with Crippen molar-refractivity contribution in [3.05, 3.63) is 73.2 Å². The predicted octanol–water partition coefficient (Wildman–Crippen LogP) is 4.33. The van der Waals surface area contributed by atoms with Crippen LogP contribution in [0.4, 0.5) is 8.78 Å². The molecule has 2 fully saturated rings. The van der Waals surface area contributed by atoms with E-state index < -0.39 is 5.92 Å². The van der Waals surface area contributed by atoms with E-state index in [0.717, 1.165) is 23.2 Å². The third-order valence-electron chi connectivity index (χ3n) is 7.65. The van der Waals surface area contributed by atoms with Crippen molar-refractivity contribution in [2.24, 2.45) is 7.05 Å². The van der Waals surface area contributed by atoms with Crippen LogP contribution in [-0.2, 0) is 11.8 Å². The van der Waals surface area contributed by atoms with Gasteiger partial charge < -0.3 is 9.30 Å². The fourth-order valence-electron chi connectivity index (χ4n) is 5.30. The molecule has 0 radical (unpaired) electrons. The van der Waals surface area contributed by atoms with E-state index in [4.69, 9.17) is 9.84 Å². The van der Waals surface area contributed by atoms with E-state index >= 15 is 0 Å². The van der Waals surface area contributed by atoms with E-state index in [1.807, 2.05) is 6.07 Å². The maximum atomic E-state index is 13.9. The van der Waals surface area contributed by atoms with Crippen LogP contribution in [0.1, 0.15) is 84.5 Å². The molecule has 2 aliphatic rings. The topological polar surface area (TPSA) is 78.5 Å². The first-order valence-corrected chi connectivity index (χ1v) is 12.2. The summed E-state index contributed by atoms with van der Waals surface area (Å²) in [6.07, 6.45) is 3.33. The summed E-state index contributed by atoms with van der Waals surface area (Å²) in [5.41, 5.74) is 3.83. The van der Waals surface area contributed by atoms with Crippen molar-refractivity contribution < 1.29 is 13.5 Å². The van der Waals surface area contributed by atoms with Gasteiger partial charge in [0, 0.05) is 61.5 Å². The average Bonchev–Trinajstić information content (AvgIpc) is 2.84. The molecule has 0 N–H and O–H groups in total. The maximum absolute atomic E-state index is 13.9. The van der Waals surface area contributed by atoms with Gasteiger partial charge in [-0.15, -0.1) is 0 Å². The highest BCUT2D eigenvalue weighted by molar-refractivity contribution is 5.51. The molecule has 35 heavy (non-hydrogen) atoms. The number of hydrogen-bond acceptors (Lipinski definition) is 5. The van der Waals surface area contributed by atoms with Crippen molar-refractivity contribution in [1.82, 2.24) is 19.2 Å². The number of alkyl halides is 2. The van der Waals surface area contributed by atoms with Crippen LogP contribution in [-0.4, -0.2) is 31.7 Å². The quantitative estimate of drug-likeness (QED) is 0.553. The number of aromatic nitrogens is 4. The van der Waals surface area contributed by atoms with Crippen LogP contribution in [0.3, 0.4) is 0 Å². The zero-order chi connectivity index (χ0) is 24.9. The smallest absolute Gasteiger partial charge is 0.277 e. The Bertz CT molecular complexity index is 1390. The third kappa shape index (κ3) is 4.53. The summed E-state index contributed by atoms with van der Waals surface area (Å²) in [4.78, 5) is 29.6. The Balaban J connectivity index is 1.56. The molecule has 7 nitrogen and oxygen atoms in total. The van der Waals surface area contributed by atoms with Gasteiger partial charge in [0.1, 0.15) is 0 Å². The molecule has 1 aliphatic heterocycles. The predicted molar refractivity (Wildman–Crippen MR) is 127 cm³/mol. The van der Waals surface area contributed by atoms with Crippen LogP contribution in [0.25, 0.3) is 5.65 Å². The molecule has 2 atom stereocenters. The first-order valence-electron chi connectivity index (χ1n) is 12.2. The fraction of sp³-hybridized carbons (Fsp3) is 0.538. The molecule has 0 bridgehead atoms. The number of halogens is 2. The first kappa shape index (κ1) is 23.8. The van der Waals surface area contributed by atoms with Gasteiger partial charge in [-0.1, -0.05) is 0 Å². The van der Waals surface area contributed by atoms with Crippen molar-refractivity contribution in [3.63, 3.8) is 0 Å². The highest BCUT2D eigenvalue weighted by Gasteiger charge is 2.37. The van der Waals surface area contributed by atoms with E-state index in [-0.39, 0.29) is 41.9 Å². The Morgan fingerprint density at radius 1 is 1.09 bits per heavy atom. The summed E-state index contributed by atoms with van der Waals surface area (Å²) in [5.74, 6) is -2.71. The third-order valence-corrected chi connectivity index (χ3v) is 7.65. The lowest BCUT2D eigenvalue weighted by atomic mass is 9.81. The average molecular weight is 485 g/mol. The number of ether oxygens (including phenoxy) is 1. The summed E-state index contributed by atoms with van der Waals surface area (Å²) >= 11 is 0. The molecule has 0 amide bonds. The van der Waals surface area contributed by atoms with Crippen LogP contribution in [0.2, 0.25) is 0 Å². The summed E-state index contributed by atoms with van der Waals surface area (Å²) in [6.45, 7) is 4.04. The molecular weight excluding hydrogens is 454 g/mol. The lowest BCUT2D eigenvalue weighted by Gasteiger charge is -2.31. The second-order valence-corrected chi connectivity index (χ2v) is 10.0. The van der Waals surface area contributed by atoms with Gasteiger partial charge >= 0.3 is 0 Å². The van der Waals surface area contributed by atoms with Crippen LogP contribution in [0.15, 0.2) is 34.0 Å². The Kier molecular flexibility index (Phi) is 6.07. The molecule has 1 saturated carbocycles. The minimum atomic E-state index is -2.64. The Morgan fingerprint density at radius 2 is 1.83 bits per heavy atom. The summed E-state index contributed by atoms with van der Waals surface area (Å²) in [6, 6.07) is 5.31. The molecule has 0 aromatic carbocycles. The van der Waals surface area contributed by atoms with Crippen LogP contribution >= 0.6 is 0 Å². The van der Waals surface area contributed by atoms with Crippen molar-refractivity contribution >= 4 is 5.65 Å².